The van der Waals surface area contributed by atoms with Crippen LogP contribution in [-0.2, 0) is 4.74 Å². The van der Waals surface area contributed by atoms with Crippen LogP contribution in [0.2, 0.25) is 0 Å². The van der Waals surface area contributed by atoms with Gasteiger partial charge in [-0.3, -0.25) is 4.90 Å². The minimum atomic E-state index is 0.308. The molecule has 0 saturated heterocycles. The molecule has 1 N–H and O–H groups in total. The van der Waals surface area contributed by atoms with Crippen molar-refractivity contribution in [2.24, 2.45) is 11.3 Å². The van der Waals surface area contributed by atoms with E-state index in [0.717, 1.165) is 31.9 Å². The topological polar surface area (TPSA) is 36.3 Å². The van der Waals surface area contributed by atoms with E-state index >= 15 is 0 Å². The lowest BCUT2D eigenvalue weighted by Gasteiger charge is -2.36. The first-order chi connectivity index (χ1) is 25.3. The van der Waals surface area contributed by atoms with Crippen LogP contribution in [0.25, 0.3) is 0 Å². The Labute approximate surface area is 338 Å². The van der Waals surface area contributed by atoms with E-state index in [-0.39, 0.29) is 0 Å². The minimum absolute atomic E-state index is 0.308. The van der Waals surface area contributed by atoms with E-state index in [2.05, 4.69) is 127 Å². The second-order valence-electron chi connectivity index (χ2n) is 15.6. The van der Waals surface area contributed by atoms with Crippen molar-refractivity contribution in [1.29, 1.82) is 5.41 Å². The van der Waals surface area contributed by atoms with E-state index in [1.165, 1.54) is 127 Å². The van der Waals surface area contributed by atoms with Crippen molar-refractivity contribution in [3.63, 3.8) is 0 Å². The fraction of sp³-hybridized carbons (Fsp3) is 0.820. The highest BCUT2D eigenvalue weighted by atomic mass is 16.5. The first-order valence-corrected chi connectivity index (χ1v) is 22.6. The van der Waals surface area contributed by atoms with Gasteiger partial charge in [-0.1, -0.05) is 216 Å². The summed E-state index contributed by atoms with van der Waals surface area (Å²) >= 11 is 0. The fourth-order valence-corrected chi connectivity index (χ4v) is 5.09. The summed E-state index contributed by atoms with van der Waals surface area (Å²) in [6, 6.07) is 0.550. The SMILES string of the molecule is C=CC/C=C(CN(C)C(C)C(C)(C)C)/C(C)=C/C.C=N.CC.CCCCCCCC.CCCCCCCCCCCCCC.CCO/C=C\CC(C)C. The summed E-state index contributed by atoms with van der Waals surface area (Å²) in [5.74, 6) is 0.738. The van der Waals surface area contributed by atoms with E-state index in [9.17, 15) is 0 Å². The fourth-order valence-electron chi connectivity index (χ4n) is 5.09. The zero-order chi connectivity index (χ0) is 42.2. The number of unbranched alkanes of at least 4 members (excludes halogenated alkanes) is 16. The molecule has 0 bridgehead atoms. The summed E-state index contributed by atoms with van der Waals surface area (Å²) < 4.78 is 5.00. The van der Waals surface area contributed by atoms with Crippen LogP contribution in [0, 0.1) is 16.7 Å². The average molecular weight is 749 g/mol. The Balaban J connectivity index is -0.000000140. The summed E-state index contributed by atoms with van der Waals surface area (Å²) in [6.45, 7) is 41.0. The third-order valence-corrected chi connectivity index (χ3v) is 9.19. The quantitative estimate of drug-likeness (QED) is 0.0314. The van der Waals surface area contributed by atoms with Crippen molar-refractivity contribution in [1.82, 2.24) is 4.90 Å². The van der Waals surface area contributed by atoms with Crippen LogP contribution < -0.4 is 0 Å². The van der Waals surface area contributed by atoms with Gasteiger partial charge in [0.15, 0.2) is 0 Å². The lowest BCUT2D eigenvalue weighted by Crippen LogP contribution is -2.40. The highest BCUT2D eigenvalue weighted by Crippen LogP contribution is 2.24. The molecule has 0 rings (SSSR count). The molecule has 0 spiro atoms. The smallest absolute Gasteiger partial charge is 0.0845 e. The van der Waals surface area contributed by atoms with E-state index in [4.69, 9.17) is 10.1 Å². The monoisotopic (exact) mass is 749 g/mol. The summed E-state index contributed by atoms with van der Waals surface area (Å²) in [7, 11) is 2.21. The number of hydrogen-bond acceptors (Lipinski definition) is 3. The zero-order valence-corrected chi connectivity index (χ0v) is 39.9. The Bertz CT molecular complexity index is 725. The molecule has 0 radical (unpaired) electrons. The van der Waals surface area contributed by atoms with Crippen LogP contribution in [0.1, 0.15) is 232 Å². The van der Waals surface area contributed by atoms with Crippen molar-refractivity contribution in [2.45, 2.75) is 238 Å². The van der Waals surface area contributed by atoms with Crippen LogP contribution in [-0.4, -0.2) is 37.9 Å². The first kappa shape index (κ1) is 63.3. The maximum Gasteiger partial charge on any atom is 0.0845 e. The largest absolute Gasteiger partial charge is 0.502 e. The van der Waals surface area contributed by atoms with Gasteiger partial charge in [0.25, 0.3) is 0 Å². The molecule has 1 atom stereocenters. The van der Waals surface area contributed by atoms with Gasteiger partial charge in [0.2, 0.25) is 0 Å². The average Bonchev–Trinajstić information content (AvgIpc) is 3.15. The molecular formula is C50H104N2O. The van der Waals surface area contributed by atoms with Crippen LogP contribution in [0.5, 0.6) is 0 Å². The van der Waals surface area contributed by atoms with E-state index in [1.54, 1.807) is 6.26 Å². The van der Waals surface area contributed by atoms with Gasteiger partial charge >= 0.3 is 0 Å². The predicted octanol–water partition coefficient (Wildman–Crippen LogP) is 17.8. The maximum absolute atomic E-state index is 5.50. The maximum atomic E-state index is 5.50. The number of allylic oxidation sites excluding steroid dienone is 4. The second kappa shape index (κ2) is 54.7. The molecule has 1 unspecified atom stereocenters. The van der Waals surface area contributed by atoms with Crippen molar-refractivity contribution in [3.8, 4) is 0 Å². The Morgan fingerprint density at radius 1 is 0.698 bits per heavy atom. The zero-order valence-electron chi connectivity index (χ0n) is 39.9. The molecular weight excluding hydrogens is 645 g/mol. The van der Waals surface area contributed by atoms with Gasteiger partial charge < -0.3 is 10.1 Å². The number of nitrogens with one attached hydrogen (secondary N) is 1. The van der Waals surface area contributed by atoms with E-state index < -0.39 is 0 Å². The van der Waals surface area contributed by atoms with Crippen LogP contribution >= 0.6 is 0 Å². The number of nitrogens with zero attached hydrogens (tertiary/aromatic N) is 1. The molecule has 0 heterocycles. The summed E-state index contributed by atoms with van der Waals surface area (Å²) in [5.41, 5.74) is 3.09. The summed E-state index contributed by atoms with van der Waals surface area (Å²) in [6.07, 6.45) is 38.2. The van der Waals surface area contributed by atoms with Gasteiger partial charge in [0.1, 0.15) is 0 Å². The Hall–Kier alpha value is -1.61. The normalized spacial score (nSPS) is 11.8. The van der Waals surface area contributed by atoms with Gasteiger partial charge in [0.05, 0.1) is 12.9 Å². The van der Waals surface area contributed by atoms with Crippen molar-refractivity contribution < 1.29 is 4.74 Å². The number of likely N-dealkylation sites (N-methyl/N-ethyl adjacent to an activating group) is 1. The van der Waals surface area contributed by atoms with Gasteiger partial charge in [-0.25, -0.2) is 0 Å². The molecule has 0 fully saturated rings. The standard InChI is InChI=1S/C17H31N.C14H30.C8H16O.C8H18.C2H6.CH3N/c1-9-11-12-16(14(3)10-2)13-18(8)15(4)17(5,6)7;1-3-5-7-9-11-13-14-12-10-8-6-4-2;1-4-9-7-5-6-8(2)3;1-3-5-7-8-6-4-2;2*1-2/h9-10,12,15H,1,11,13H2,2-8H3;3-14H2,1-2H3;5,7-8H,4,6H2,1-3H3;3-8H2,1-2H3;1-2H3;2H,1H2/b14-10+,16-12+;;7-5-;;;. The Morgan fingerprint density at radius 3 is 1.32 bits per heavy atom. The lowest BCUT2D eigenvalue weighted by atomic mass is 9.87. The van der Waals surface area contributed by atoms with E-state index in [0.29, 0.717) is 11.5 Å². The van der Waals surface area contributed by atoms with Crippen LogP contribution in [0.15, 0.2) is 48.3 Å². The van der Waals surface area contributed by atoms with Crippen molar-refractivity contribution >= 4 is 6.72 Å². The highest BCUT2D eigenvalue weighted by Gasteiger charge is 2.24. The third kappa shape index (κ3) is 59.9. The van der Waals surface area contributed by atoms with Gasteiger partial charge in [0, 0.05) is 12.6 Å². The molecule has 0 aliphatic heterocycles. The Morgan fingerprint density at radius 2 is 1.06 bits per heavy atom. The third-order valence-electron chi connectivity index (χ3n) is 9.19. The summed E-state index contributed by atoms with van der Waals surface area (Å²) in [4.78, 5) is 2.43. The molecule has 0 saturated carbocycles. The molecule has 0 aliphatic carbocycles. The number of hydrogen-bond donors (Lipinski definition) is 1. The predicted molar refractivity (Wildman–Crippen MR) is 251 cm³/mol. The van der Waals surface area contributed by atoms with Crippen LogP contribution in [0.3, 0.4) is 0 Å². The molecule has 3 heteroatoms. The van der Waals surface area contributed by atoms with Crippen LogP contribution in [0.4, 0.5) is 0 Å². The van der Waals surface area contributed by atoms with Gasteiger partial charge in [-0.05, 0) is 77.3 Å². The second-order valence-corrected chi connectivity index (χ2v) is 15.6. The molecule has 0 aromatic rings. The van der Waals surface area contributed by atoms with Gasteiger partial charge in [-0.15, -0.1) is 6.58 Å². The lowest BCUT2D eigenvalue weighted by molar-refractivity contribution is 0.152. The molecule has 320 valence electrons. The van der Waals surface area contributed by atoms with Gasteiger partial charge in [-0.2, -0.15) is 0 Å². The first-order valence-electron chi connectivity index (χ1n) is 22.6. The molecule has 3 nitrogen and oxygen atoms in total. The summed E-state index contributed by atoms with van der Waals surface area (Å²) in [5, 5.41) is 5.50. The molecule has 0 amide bonds. The highest BCUT2D eigenvalue weighted by molar-refractivity contribution is 5.30. The Kier molecular flexibility index (Phi) is 65.4. The van der Waals surface area contributed by atoms with Crippen molar-refractivity contribution in [2.75, 3.05) is 20.2 Å². The minimum Gasteiger partial charge on any atom is -0.502 e. The van der Waals surface area contributed by atoms with E-state index in [1.807, 2.05) is 26.8 Å². The number of rotatable bonds is 26. The molecule has 0 aliphatic rings. The molecule has 53 heavy (non-hydrogen) atoms. The van der Waals surface area contributed by atoms with Crippen molar-refractivity contribution in [3.05, 3.63) is 48.3 Å². The number of ether oxygens (including phenoxy) is 1. The molecule has 0 aromatic carbocycles. The molecule has 0 aromatic heterocycles.